The zero-order valence-electron chi connectivity index (χ0n) is 15.5. The van der Waals surface area contributed by atoms with Gasteiger partial charge in [-0.3, -0.25) is 9.88 Å². The summed E-state index contributed by atoms with van der Waals surface area (Å²) in [5.74, 6) is 0.404. The Labute approximate surface area is 159 Å². The van der Waals surface area contributed by atoms with Crippen LogP contribution in [0.1, 0.15) is 18.4 Å². The van der Waals surface area contributed by atoms with E-state index in [1.807, 2.05) is 18.4 Å². The number of hydrogen-bond donors (Lipinski definition) is 1. The molecule has 1 saturated heterocycles. The summed E-state index contributed by atoms with van der Waals surface area (Å²) in [7, 11) is 1.35. The van der Waals surface area contributed by atoms with Gasteiger partial charge >= 0.3 is 12.0 Å². The van der Waals surface area contributed by atoms with Gasteiger partial charge in [-0.2, -0.15) is 11.8 Å². The number of nitrogens with zero attached hydrogens (tertiary/aromatic N) is 3. The number of nitrogens with one attached hydrogen (secondary N) is 1. The number of aromatic nitrogens is 1. The molecular formula is C18H28N4O3S. The Morgan fingerprint density at radius 1 is 1.27 bits per heavy atom. The second-order valence-corrected chi connectivity index (χ2v) is 7.26. The number of hydrogen-bond acceptors (Lipinski definition) is 6. The van der Waals surface area contributed by atoms with Crippen molar-refractivity contribution >= 4 is 23.8 Å². The van der Waals surface area contributed by atoms with Gasteiger partial charge in [-0.1, -0.05) is 0 Å². The van der Waals surface area contributed by atoms with Crippen molar-refractivity contribution in [3.05, 3.63) is 30.1 Å². The van der Waals surface area contributed by atoms with Crippen molar-refractivity contribution in [1.82, 2.24) is 20.1 Å². The van der Waals surface area contributed by atoms with Gasteiger partial charge in [0.25, 0.3) is 0 Å². The highest BCUT2D eigenvalue weighted by Gasteiger charge is 2.25. The summed E-state index contributed by atoms with van der Waals surface area (Å²) in [6.07, 6.45) is 7.05. The number of esters is 1. The average molecular weight is 381 g/mol. The molecule has 2 amide bonds. The van der Waals surface area contributed by atoms with Crippen LogP contribution in [0.15, 0.2) is 24.5 Å². The fraction of sp³-hybridized carbons (Fsp3) is 0.611. The standard InChI is InChI=1S/C18H28N4O3S/c1-25-17(23)16(6-13-26-2)20-18(24)22-10-3-9-21(11-12-22)14-15-4-7-19-8-5-15/h4-5,7-8,16H,3,6,9-14H2,1-2H3,(H,20,24). The van der Waals surface area contributed by atoms with E-state index in [0.717, 1.165) is 31.8 Å². The molecule has 1 N–H and O–H groups in total. The smallest absolute Gasteiger partial charge is 0.328 e. The number of methoxy groups -OCH3 is 1. The molecule has 0 bridgehead atoms. The summed E-state index contributed by atoms with van der Waals surface area (Å²) in [5, 5.41) is 2.84. The Morgan fingerprint density at radius 2 is 2.04 bits per heavy atom. The lowest BCUT2D eigenvalue weighted by molar-refractivity contribution is -0.142. The quantitative estimate of drug-likeness (QED) is 0.724. The number of urea groups is 1. The lowest BCUT2D eigenvalue weighted by atomic mass is 10.2. The largest absolute Gasteiger partial charge is 0.467 e. The summed E-state index contributed by atoms with van der Waals surface area (Å²) in [5.41, 5.74) is 1.22. The number of amides is 2. The number of thioether (sulfide) groups is 1. The Balaban J connectivity index is 1.86. The van der Waals surface area contributed by atoms with Gasteiger partial charge in [0.05, 0.1) is 7.11 Å². The molecule has 0 radical (unpaired) electrons. The second kappa shape index (κ2) is 11.0. The molecule has 0 aromatic carbocycles. The molecule has 1 aliphatic rings. The van der Waals surface area contributed by atoms with Crippen molar-refractivity contribution in [2.75, 3.05) is 45.3 Å². The molecule has 1 aromatic rings. The van der Waals surface area contributed by atoms with Crippen LogP contribution in [0.5, 0.6) is 0 Å². The first-order valence-electron chi connectivity index (χ1n) is 8.87. The highest BCUT2D eigenvalue weighted by molar-refractivity contribution is 7.98. The van der Waals surface area contributed by atoms with Gasteiger partial charge in [0, 0.05) is 45.1 Å². The Bertz CT molecular complexity index is 573. The van der Waals surface area contributed by atoms with Crippen LogP contribution < -0.4 is 5.32 Å². The maximum atomic E-state index is 12.6. The number of carbonyl (C=O) groups is 2. The van der Waals surface area contributed by atoms with E-state index in [4.69, 9.17) is 4.74 Å². The van der Waals surface area contributed by atoms with Gasteiger partial charge in [-0.05, 0) is 42.5 Å². The van der Waals surface area contributed by atoms with E-state index in [-0.39, 0.29) is 12.0 Å². The van der Waals surface area contributed by atoms with Gasteiger partial charge in [-0.15, -0.1) is 0 Å². The van der Waals surface area contributed by atoms with Crippen LogP contribution in [-0.2, 0) is 16.1 Å². The summed E-state index contributed by atoms with van der Waals surface area (Å²) < 4.78 is 4.81. The van der Waals surface area contributed by atoms with Gasteiger partial charge < -0.3 is 15.0 Å². The monoisotopic (exact) mass is 380 g/mol. The molecule has 8 heteroatoms. The van der Waals surface area contributed by atoms with E-state index >= 15 is 0 Å². The lowest BCUT2D eigenvalue weighted by Crippen LogP contribution is -2.49. The van der Waals surface area contributed by atoms with Crippen LogP contribution in [0.4, 0.5) is 4.79 Å². The predicted molar refractivity (Wildman–Crippen MR) is 103 cm³/mol. The van der Waals surface area contributed by atoms with E-state index in [1.54, 1.807) is 29.1 Å². The van der Waals surface area contributed by atoms with E-state index in [0.29, 0.717) is 19.5 Å². The normalized spacial score (nSPS) is 16.6. The summed E-state index contributed by atoms with van der Waals surface area (Å²) in [6.45, 7) is 3.95. The molecule has 0 aliphatic carbocycles. The lowest BCUT2D eigenvalue weighted by Gasteiger charge is -2.24. The maximum absolute atomic E-state index is 12.6. The van der Waals surface area contributed by atoms with Crippen LogP contribution >= 0.6 is 11.8 Å². The number of ether oxygens (including phenoxy) is 1. The third-order valence-corrected chi connectivity index (χ3v) is 5.07. The highest BCUT2D eigenvalue weighted by atomic mass is 32.2. The summed E-state index contributed by atoms with van der Waals surface area (Å²) >= 11 is 1.64. The van der Waals surface area contributed by atoms with Gasteiger partial charge in [0.15, 0.2) is 0 Å². The van der Waals surface area contributed by atoms with E-state index in [2.05, 4.69) is 15.2 Å². The Kier molecular flexibility index (Phi) is 8.70. The van der Waals surface area contributed by atoms with Gasteiger partial charge in [-0.25, -0.2) is 9.59 Å². The van der Waals surface area contributed by atoms with Crippen LogP contribution in [0.3, 0.4) is 0 Å². The highest BCUT2D eigenvalue weighted by Crippen LogP contribution is 2.09. The van der Waals surface area contributed by atoms with Crippen molar-refractivity contribution in [3.8, 4) is 0 Å². The fourth-order valence-corrected chi connectivity index (χ4v) is 3.42. The number of carbonyl (C=O) groups excluding carboxylic acids is 2. The number of pyridine rings is 1. The minimum atomic E-state index is -0.587. The SMILES string of the molecule is COC(=O)C(CCSC)NC(=O)N1CCCN(Cc2ccncc2)CC1. The van der Waals surface area contributed by atoms with E-state index in [1.165, 1.54) is 12.7 Å². The van der Waals surface area contributed by atoms with Gasteiger partial charge in [0.2, 0.25) is 0 Å². The molecule has 1 aliphatic heterocycles. The molecule has 2 rings (SSSR count). The molecule has 7 nitrogen and oxygen atoms in total. The van der Waals surface area contributed by atoms with E-state index in [9.17, 15) is 9.59 Å². The Hall–Kier alpha value is -1.80. The first kappa shape index (κ1) is 20.5. The van der Waals surface area contributed by atoms with Crippen molar-refractivity contribution in [2.24, 2.45) is 0 Å². The van der Waals surface area contributed by atoms with Crippen LogP contribution in [0, 0.1) is 0 Å². The second-order valence-electron chi connectivity index (χ2n) is 6.28. The molecule has 1 aromatic heterocycles. The van der Waals surface area contributed by atoms with E-state index < -0.39 is 6.04 Å². The average Bonchev–Trinajstić information content (AvgIpc) is 2.90. The number of rotatable bonds is 7. The zero-order valence-corrected chi connectivity index (χ0v) is 16.3. The maximum Gasteiger partial charge on any atom is 0.328 e. The summed E-state index contributed by atoms with van der Waals surface area (Å²) in [6, 6.07) is 3.26. The third kappa shape index (κ3) is 6.49. The first-order chi connectivity index (χ1) is 12.6. The van der Waals surface area contributed by atoms with Crippen molar-refractivity contribution < 1.29 is 14.3 Å². The molecule has 26 heavy (non-hydrogen) atoms. The van der Waals surface area contributed by atoms with Crippen LogP contribution in [0.25, 0.3) is 0 Å². The van der Waals surface area contributed by atoms with Crippen molar-refractivity contribution in [1.29, 1.82) is 0 Å². The fourth-order valence-electron chi connectivity index (χ4n) is 2.95. The molecule has 0 spiro atoms. The molecule has 144 valence electrons. The Morgan fingerprint density at radius 3 is 2.73 bits per heavy atom. The first-order valence-corrected chi connectivity index (χ1v) is 10.3. The van der Waals surface area contributed by atoms with Crippen LogP contribution in [0.2, 0.25) is 0 Å². The molecule has 1 atom stereocenters. The topological polar surface area (TPSA) is 74.8 Å². The third-order valence-electron chi connectivity index (χ3n) is 4.43. The minimum Gasteiger partial charge on any atom is -0.467 e. The minimum absolute atomic E-state index is 0.188. The van der Waals surface area contributed by atoms with Crippen molar-refractivity contribution in [2.45, 2.75) is 25.4 Å². The molecule has 0 saturated carbocycles. The van der Waals surface area contributed by atoms with Crippen LogP contribution in [-0.4, -0.2) is 78.1 Å². The predicted octanol–water partition coefficient (Wildman–Crippen LogP) is 1.59. The van der Waals surface area contributed by atoms with Gasteiger partial charge in [0.1, 0.15) is 6.04 Å². The van der Waals surface area contributed by atoms with Crippen molar-refractivity contribution in [3.63, 3.8) is 0 Å². The summed E-state index contributed by atoms with van der Waals surface area (Å²) in [4.78, 5) is 32.6. The molecule has 2 heterocycles. The zero-order chi connectivity index (χ0) is 18.8. The molecule has 1 unspecified atom stereocenters. The molecular weight excluding hydrogens is 352 g/mol. The molecule has 1 fully saturated rings.